The molecule has 0 aromatic heterocycles. The third kappa shape index (κ3) is 2.42. The quantitative estimate of drug-likeness (QED) is 0.878. The van der Waals surface area contributed by atoms with E-state index in [9.17, 15) is 5.11 Å². The summed E-state index contributed by atoms with van der Waals surface area (Å²) >= 11 is 3.40. The summed E-state index contributed by atoms with van der Waals surface area (Å²) in [6.45, 7) is 0. The minimum absolute atomic E-state index is 0.441. The maximum atomic E-state index is 10.8. The van der Waals surface area contributed by atoms with Crippen LogP contribution in [0.5, 0.6) is 5.75 Å². The molecule has 0 saturated heterocycles. The molecule has 0 aliphatic carbocycles. The lowest BCUT2D eigenvalue weighted by molar-refractivity contribution is 0.109. The third-order valence-corrected chi connectivity index (χ3v) is 3.82. The van der Waals surface area contributed by atoms with Gasteiger partial charge in [-0.15, -0.1) is 0 Å². The van der Waals surface area contributed by atoms with Gasteiger partial charge in [-0.05, 0) is 23.3 Å². The molecule has 0 heterocycles. The molecule has 0 spiro atoms. The van der Waals surface area contributed by atoms with Gasteiger partial charge in [-0.2, -0.15) is 0 Å². The Bertz CT molecular complexity index is 496. The highest BCUT2D eigenvalue weighted by Crippen LogP contribution is 2.32. The summed E-state index contributed by atoms with van der Waals surface area (Å²) in [4.78, 5) is 0. The van der Waals surface area contributed by atoms with Crippen LogP contribution in [0.1, 0.15) is 11.1 Å². The molecule has 0 aliphatic heterocycles. The van der Waals surface area contributed by atoms with Crippen molar-refractivity contribution in [3.8, 4) is 5.75 Å². The first-order chi connectivity index (χ1) is 8.70. The van der Waals surface area contributed by atoms with Gasteiger partial charge in [-0.3, -0.25) is 0 Å². The smallest absolute Gasteiger partial charge is 0.124 e. The summed E-state index contributed by atoms with van der Waals surface area (Å²) in [5, 5.41) is 11.3. The van der Waals surface area contributed by atoms with E-state index in [-0.39, 0.29) is 0 Å². The predicted molar refractivity (Wildman–Crippen MR) is 76.2 cm³/mol. The van der Waals surface area contributed by atoms with Crippen molar-refractivity contribution in [2.24, 2.45) is 0 Å². The number of rotatable bonds is 4. The lowest BCUT2D eigenvalue weighted by atomic mass is 9.88. The molecule has 0 saturated carbocycles. The molecular formula is C15H15BrO2. The van der Waals surface area contributed by atoms with Crippen LogP contribution in [0.3, 0.4) is 0 Å². The van der Waals surface area contributed by atoms with Gasteiger partial charge in [0.15, 0.2) is 0 Å². The molecule has 1 unspecified atom stereocenters. The Morgan fingerprint density at radius 1 is 1.00 bits per heavy atom. The van der Waals surface area contributed by atoms with Crippen molar-refractivity contribution in [3.05, 3.63) is 65.7 Å². The summed E-state index contributed by atoms with van der Waals surface area (Å²) in [7, 11) is 1.63. The maximum absolute atomic E-state index is 10.8. The third-order valence-electron chi connectivity index (χ3n) is 3.01. The Morgan fingerprint density at radius 3 is 2.06 bits per heavy atom. The van der Waals surface area contributed by atoms with Crippen molar-refractivity contribution < 1.29 is 9.84 Å². The second-order valence-electron chi connectivity index (χ2n) is 4.09. The van der Waals surface area contributed by atoms with Crippen molar-refractivity contribution in [2.75, 3.05) is 12.4 Å². The van der Waals surface area contributed by atoms with E-state index in [2.05, 4.69) is 15.9 Å². The van der Waals surface area contributed by atoms with Gasteiger partial charge in [0.2, 0.25) is 0 Å². The molecule has 1 atom stereocenters. The highest BCUT2D eigenvalue weighted by atomic mass is 79.9. The molecule has 0 aliphatic rings. The van der Waals surface area contributed by atoms with E-state index in [0.29, 0.717) is 5.33 Å². The molecule has 94 valence electrons. The van der Waals surface area contributed by atoms with E-state index < -0.39 is 5.60 Å². The molecule has 0 radical (unpaired) electrons. The summed E-state index contributed by atoms with van der Waals surface area (Å²) < 4.78 is 5.13. The lowest BCUT2D eigenvalue weighted by Gasteiger charge is -2.27. The zero-order valence-corrected chi connectivity index (χ0v) is 11.7. The van der Waals surface area contributed by atoms with Crippen molar-refractivity contribution in [3.63, 3.8) is 0 Å². The highest BCUT2D eigenvalue weighted by molar-refractivity contribution is 9.09. The fraction of sp³-hybridized carbons (Fsp3) is 0.200. The van der Waals surface area contributed by atoms with Crippen LogP contribution in [0.25, 0.3) is 0 Å². The summed E-state index contributed by atoms with van der Waals surface area (Å²) in [6, 6.07) is 17.1. The molecule has 2 aromatic carbocycles. The van der Waals surface area contributed by atoms with Crippen LogP contribution in [-0.4, -0.2) is 17.5 Å². The van der Waals surface area contributed by atoms with Crippen LogP contribution in [0.4, 0.5) is 0 Å². The molecule has 1 N–H and O–H groups in total. The van der Waals surface area contributed by atoms with Crippen LogP contribution in [0, 0.1) is 0 Å². The van der Waals surface area contributed by atoms with Crippen LogP contribution >= 0.6 is 15.9 Å². The molecule has 18 heavy (non-hydrogen) atoms. The standard InChI is InChI=1S/C15H15BrO2/c1-18-14-9-7-13(8-10-14)15(17,11-16)12-5-3-2-4-6-12/h2-10,17H,11H2,1H3. The number of ether oxygens (including phenoxy) is 1. The van der Waals surface area contributed by atoms with Crippen LogP contribution < -0.4 is 4.74 Å². The Hall–Kier alpha value is -1.32. The van der Waals surface area contributed by atoms with Gasteiger partial charge in [-0.1, -0.05) is 58.4 Å². The van der Waals surface area contributed by atoms with Gasteiger partial charge in [0.05, 0.1) is 7.11 Å². The molecule has 0 bridgehead atoms. The topological polar surface area (TPSA) is 29.5 Å². The number of hydrogen-bond donors (Lipinski definition) is 1. The minimum Gasteiger partial charge on any atom is -0.497 e. The number of halogens is 1. The van der Waals surface area contributed by atoms with Gasteiger partial charge < -0.3 is 9.84 Å². The highest BCUT2D eigenvalue weighted by Gasteiger charge is 2.30. The predicted octanol–water partition coefficient (Wildman–Crippen LogP) is 3.33. The number of methoxy groups -OCH3 is 1. The summed E-state index contributed by atoms with van der Waals surface area (Å²) in [5.74, 6) is 0.781. The molecule has 2 aromatic rings. The van der Waals surface area contributed by atoms with Crippen LogP contribution in [0.15, 0.2) is 54.6 Å². The van der Waals surface area contributed by atoms with Crippen molar-refractivity contribution >= 4 is 15.9 Å². The van der Waals surface area contributed by atoms with E-state index >= 15 is 0 Å². The molecule has 3 heteroatoms. The number of hydrogen-bond acceptors (Lipinski definition) is 2. The molecule has 2 nitrogen and oxygen atoms in total. The first-order valence-electron chi connectivity index (χ1n) is 5.69. The van der Waals surface area contributed by atoms with E-state index in [1.165, 1.54) is 0 Å². The van der Waals surface area contributed by atoms with E-state index in [1.54, 1.807) is 7.11 Å². The van der Waals surface area contributed by atoms with E-state index in [1.807, 2.05) is 54.6 Å². The molecule has 0 fully saturated rings. The Labute approximate surface area is 115 Å². The number of benzene rings is 2. The Morgan fingerprint density at radius 2 is 1.56 bits per heavy atom. The van der Waals surface area contributed by atoms with Crippen LogP contribution in [-0.2, 0) is 5.60 Å². The van der Waals surface area contributed by atoms with Gasteiger partial charge in [-0.25, -0.2) is 0 Å². The second kappa shape index (κ2) is 5.55. The van der Waals surface area contributed by atoms with Crippen molar-refractivity contribution in [2.45, 2.75) is 5.60 Å². The zero-order chi connectivity index (χ0) is 13.0. The zero-order valence-electron chi connectivity index (χ0n) is 10.1. The molecule has 0 amide bonds. The van der Waals surface area contributed by atoms with Crippen molar-refractivity contribution in [1.82, 2.24) is 0 Å². The monoisotopic (exact) mass is 306 g/mol. The minimum atomic E-state index is -1.02. The molecular weight excluding hydrogens is 292 g/mol. The van der Waals surface area contributed by atoms with Gasteiger partial charge in [0, 0.05) is 5.33 Å². The van der Waals surface area contributed by atoms with Gasteiger partial charge in [0.25, 0.3) is 0 Å². The Balaban J connectivity index is 2.43. The normalized spacial score (nSPS) is 13.9. The van der Waals surface area contributed by atoms with Crippen molar-refractivity contribution in [1.29, 1.82) is 0 Å². The summed E-state index contributed by atoms with van der Waals surface area (Å²) in [6.07, 6.45) is 0. The van der Waals surface area contributed by atoms with E-state index in [4.69, 9.17) is 4.74 Å². The van der Waals surface area contributed by atoms with Crippen LogP contribution in [0.2, 0.25) is 0 Å². The fourth-order valence-electron chi connectivity index (χ4n) is 1.90. The summed E-state index contributed by atoms with van der Waals surface area (Å²) in [5.41, 5.74) is 0.687. The first kappa shape index (κ1) is 13.1. The Kier molecular flexibility index (Phi) is 4.04. The first-order valence-corrected chi connectivity index (χ1v) is 6.81. The number of alkyl halides is 1. The largest absolute Gasteiger partial charge is 0.497 e. The maximum Gasteiger partial charge on any atom is 0.124 e. The molecule has 2 rings (SSSR count). The van der Waals surface area contributed by atoms with Gasteiger partial charge in [0.1, 0.15) is 11.4 Å². The van der Waals surface area contributed by atoms with E-state index in [0.717, 1.165) is 16.9 Å². The average molecular weight is 307 g/mol. The lowest BCUT2D eigenvalue weighted by Crippen LogP contribution is -2.28. The number of aliphatic hydroxyl groups is 1. The van der Waals surface area contributed by atoms with Gasteiger partial charge >= 0.3 is 0 Å². The SMILES string of the molecule is COc1ccc(C(O)(CBr)c2ccccc2)cc1. The average Bonchev–Trinajstić information content (AvgIpc) is 2.47. The fourth-order valence-corrected chi connectivity index (χ4v) is 2.55. The second-order valence-corrected chi connectivity index (χ2v) is 4.65.